The first kappa shape index (κ1) is 20.3. The number of aromatic nitrogens is 5. The highest BCUT2D eigenvalue weighted by Gasteiger charge is 2.12. The van der Waals surface area contributed by atoms with E-state index in [4.69, 9.17) is 23.7 Å². The molecule has 0 bridgehead atoms. The van der Waals surface area contributed by atoms with Gasteiger partial charge in [0.25, 0.3) is 17.6 Å². The Hall–Kier alpha value is -2.41. The number of hydrogen-bond acceptors (Lipinski definition) is 12. The lowest BCUT2D eigenvalue weighted by Crippen LogP contribution is -2.13. The van der Waals surface area contributed by atoms with Crippen LogP contribution in [0.3, 0.4) is 0 Å². The third-order valence-corrected chi connectivity index (χ3v) is 4.33. The predicted octanol–water partition coefficient (Wildman–Crippen LogP) is 1.95. The summed E-state index contributed by atoms with van der Waals surface area (Å²) in [6, 6.07) is 3.76. The number of ether oxygens (including phenoxy) is 5. The van der Waals surface area contributed by atoms with Crippen LogP contribution in [0.2, 0.25) is 0 Å². The summed E-state index contributed by atoms with van der Waals surface area (Å²) < 4.78 is 43.3. The first-order chi connectivity index (χ1) is 13.9. The molecular formula is C16H19N5O5S2. The Morgan fingerprint density at radius 3 is 2.14 bits per heavy atom. The van der Waals surface area contributed by atoms with Crippen molar-refractivity contribution in [2.75, 3.05) is 46.8 Å². The summed E-state index contributed by atoms with van der Waals surface area (Å²) in [4.78, 5) is 4.08. The third-order valence-electron chi connectivity index (χ3n) is 3.32. The minimum Gasteiger partial charge on any atom is -0.477 e. The van der Waals surface area contributed by atoms with Crippen LogP contribution in [0, 0.1) is 0 Å². The molecule has 0 fully saturated rings. The smallest absolute Gasteiger partial charge is 0.291 e. The van der Waals surface area contributed by atoms with Crippen molar-refractivity contribution in [2.24, 2.45) is 0 Å². The highest BCUT2D eigenvalue weighted by Crippen LogP contribution is 2.26. The molecule has 0 aromatic carbocycles. The van der Waals surface area contributed by atoms with Crippen LogP contribution in [0.25, 0.3) is 11.3 Å². The first-order valence-corrected chi connectivity index (χ1v) is 9.85. The van der Waals surface area contributed by atoms with Gasteiger partial charge in [-0.1, -0.05) is 0 Å². The van der Waals surface area contributed by atoms with Crippen molar-refractivity contribution in [3.05, 3.63) is 24.5 Å². The van der Waals surface area contributed by atoms with Crippen molar-refractivity contribution in [1.29, 1.82) is 0 Å². The van der Waals surface area contributed by atoms with Crippen LogP contribution in [-0.2, 0) is 9.47 Å². The molecular weight excluding hydrogens is 406 g/mol. The number of rotatable bonds is 13. The summed E-state index contributed by atoms with van der Waals surface area (Å²) in [5.41, 5.74) is 1.56. The van der Waals surface area contributed by atoms with E-state index in [1.807, 2.05) is 12.1 Å². The number of nitrogens with zero attached hydrogens (tertiary/aromatic N) is 5. The van der Waals surface area contributed by atoms with E-state index in [2.05, 4.69) is 22.5 Å². The predicted molar refractivity (Wildman–Crippen MR) is 102 cm³/mol. The van der Waals surface area contributed by atoms with Crippen LogP contribution >= 0.6 is 23.5 Å². The van der Waals surface area contributed by atoms with E-state index in [9.17, 15) is 0 Å². The Morgan fingerprint density at radius 1 is 0.786 bits per heavy atom. The van der Waals surface area contributed by atoms with Crippen molar-refractivity contribution >= 4 is 23.5 Å². The Bertz CT molecular complexity index is 817. The van der Waals surface area contributed by atoms with E-state index in [-0.39, 0.29) is 0 Å². The SMILES string of the molecule is COc1nsnc1OCCOCCOCCOc1nsnc1-c1cccnc1. The molecule has 3 aromatic heterocycles. The molecule has 3 aromatic rings. The van der Waals surface area contributed by atoms with Gasteiger partial charge in [-0.25, -0.2) is 0 Å². The number of hydrogen-bond donors (Lipinski definition) is 0. The molecule has 0 aliphatic rings. The molecule has 0 N–H and O–H groups in total. The molecule has 10 nitrogen and oxygen atoms in total. The second kappa shape index (κ2) is 11.4. The lowest BCUT2D eigenvalue weighted by molar-refractivity contribution is 0.0265. The van der Waals surface area contributed by atoms with Crippen molar-refractivity contribution in [1.82, 2.24) is 22.5 Å². The summed E-state index contributed by atoms with van der Waals surface area (Å²) >= 11 is 2.14. The van der Waals surface area contributed by atoms with E-state index in [0.717, 1.165) is 29.0 Å². The fourth-order valence-electron chi connectivity index (χ4n) is 2.06. The van der Waals surface area contributed by atoms with E-state index >= 15 is 0 Å². The highest BCUT2D eigenvalue weighted by molar-refractivity contribution is 6.99. The summed E-state index contributed by atoms with van der Waals surface area (Å²) in [7, 11) is 1.52. The summed E-state index contributed by atoms with van der Waals surface area (Å²) in [5, 5.41) is 0. The maximum absolute atomic E-state index is 5.64. The van der Waals surface area contributed by atoms with Crippen LogP contribution in [0.5, 0.6) is 17.6 Å². The standard InChI is InChI=1S/C16H19N5O5S2/c1-22-15-16(21-28-20-15)26-10-8-24-6-5-23-7-9-25-14-13(18-27-19-14)12-3-2-4-17-11-12/h2-4,11H,5-10H2,1H3. The van der Waals surface area contributed by atoms with Crippen LogP contribution in [0.1, 0.15) is 0 Å². The lowest BCUT2D eigenvalue weighted by Gasteiger charge is -2.07. The van der Waals surface area contributed by atoms with Gasteiger partial charge in [0.05, 0.1) is 57.0 Å². The molecule has 0 spiro atoms. The molecule has 0 atom stereocenters. The molecule has 0 saturated carbocycles. The van der Waals surface area contributed by atoms with Crippen molar-refractivity contribution in [3.8, 4) is 28.9 Å². The summed E-state index contributed by atoms with van der Waals surface area (Å²) in [6.07, 6.45) is 3.43. The molecule has 0 radical (unpaired) electrons. The molecule has 0 aliphatic carbocycles. The van der Waals surface area contributed by atoms with E-state index in [0.29, 0.717) is 63.0 Å². The maximum atomic E-state index is 5.64. The zero-order chi connectivity index (χ0) is 19.4. The van der Waals surface area contributed by atoms with Gasteiger partial charge in [-0.15, -0.1) is 13.1 Å². The van der Waals surface area contributed by atoms with Crippen molar-refractivity contribution in [3.63, 3.8) is 0 Å². The normalized spacial score (nSPS) is 10.8. The fourth-order valence-corrected chi connectivity index (χ4v) is 3.05. The minimum absolute atomic E-state index is 0.360. The molecule has 0 unspecified atom stereocenters. The van der Waals surface area contributed by atoms with Gasteiger partial charge in [0.15, 0.2) is 0 Å². The van der Waals surface area contributed by atoms with Gasteiger partial charge >= 0.3 is 0 Å². The monoisotopic (exact) mass is 425 g/mol. The summed E-state index contributed by atoms with van der Waals surface area (Å²) in [5.74, 6) is 1.25. The van der Waals surface area contributed by atoms with Gasteiger partial charge in [0, 0.05) is 18.0 Å². The highest BCUT2D eigenvalue weighted by atomic mass is 32.1. The summed E-state index contributed by atoms with van der Waals surface area (Å²) in [6.45, 7) is 2.48. The average Bonchev–Trinajstić information content (AvgIpc) is 3.39. The second-order valence-electron chi connectivity index (χ2n) is 5.16. The van der Waals surface area contributed by atoms with E-state index < -0.39 is 0 Å². The molecule has 28 heavy (non-hydrogen) atoms. The van der Waals surface area contributed by atoms with Crippen LogP contribution in [0.15, 0.2) is 24.5 Å². The molecule has 0 amide bonds. The zero-order valence-corrected chi connectivity index (χ0v) is 16.8. The van der Waals surface area contributed by atoms with Crippen LogP contribution in [0.4, 0.5) is 0 Å². The molecule has 12 heteroatoms. The Kier molecular flexibility index (Phi) is 8.30. The topological polar surface area (TPSA) is 111 Å². The molecule has 150 valence electrons. The van der Waals surface area contributed by atoms with Gasteiger partial charge in [0.2, 0.25) is 0 Å². The number of pyridine rings is 1. The van der Waals surface area contributed by atoms with E-state index in [1.54, 1.807) is 12.4 Å². The fraction of sp³-hybridized carbons (Fsp3) is 0.438. The lowest BCUT2D eigenvalue weighted by atomic mass is 10.2. The maximum Gasteiger partial charge on any atom is 0.291 e. The molecule has 3 rings (SSSR count). The zero-order valence-electron chi connectivity index (χ0n) is 15.1. The average molecular weight is 425 g/mol. The minimum atomic E-state index is 0.360. The van der Waals surface area contributed by atoms with Gasteiger partial charge in [0.1, 0.15) is 18.9 Å². The third kappa shape index (κ3) is 6.05. The Balaban J connectivity index is 1.22. The largest absolute Gasteiger partial charge is 0.477 e. The Morgan fingerprint density at radius 2 is 1.43 bits per heavy atom. The first-order valence-electron chi connectivity index (χ1n) is 8.39. The quantitative estimate of drug-likeness (QED) is 0.377. The molecule has 0 aliphatic heterocycles. The van der Waals surface area contributed by atoms with Gasteiger partial charge in [-0.3, -0.25) is 4.98 Å². The Labute approximate surface area is 170 Å². The van der Waals surface area contributed by atoms with Gasteiger partial charge in [-0.05, 0) is 12.1 Å². The van der Waals surface area contributed by atoms with Gasteiger partial charge < -0.3 is 23.7 Å². The van der Waals surface area contributed by atoms with Gasteiger partial charge in [-0.2, -0.15) is 4.37 Å². The van der Waals surface area contributed by atoms with Crippen LogP contribution in [-0.4, -0.2) is 69.2 Å². The molecule has 3 heterocycles. The van der Waals surface area contributed by atoms with E-state index in [1.165, 1.54) is 7.11 Å². The van der Waals surface area contributed by atoms with Crippen molar-refractivity contribution < 1.29 is 23.7 Å². The second-order valence-corrected chi connectivity index (χ2v) is 6.22. The van der Waals surface area contributed by atoms with Crippen molar-refractivity contribution in [2.45, 2.75) is 0 Å². The number of methoxy groups -OCH3 is 1. The molecule has 0 saturated heterocycles. The van der Waals surface area contributed by atoms with Crippen LogP contribution < -0.4 is 14.2 Å².